The fourth-order valence-corrected chi connectivity index (χ4v) is 5.35. The second kappa shape index (κ2) is 8.16. The first-order valence-corrected chi connectivity index (χ1v) is 11.2. The van der Waals surface area contributed by atoms with E-state index < -0.39 is 33.9 Å². The van der Waals surface area contributed by atoms with Crippen LogP contribution in [0.4, 0.5) is 0 Å². The molecule has 0 aliphatic carbocycles. The van der Waals surface area contributed by atoms with Gasteiger partial charge in [-0.05, 0) is 32.4 Å². The normalized spacial score (nSPS) is 21.0. The van der Waals surface area contributed by atoms with Gasteiger partial charge in [-0.2, -0.15) is 0 Å². The zero-order valence-electron chi connectivity index (χ0n) is 15.6. The van der Waals surface area contributed by atoms with Crippen LogP contribution >= 0.6 is 11.6 Å². The number of amides is 1. The summed E-state index contributed by atoms with van der Waals surface area (Å²) in [6, 6.07) is 2.46. The second-order valence-electron chi connectivity index (χ2n) is 6.71. The van der Waals surface area contributed by atoms with E-state index in [-0.39, 0.29) is 22.1 Å². The van der Waals surface area contributed by atoms with Gasteiger partial charge < -0.3 is 19.1 Å². The van der Waals surface area contributed by atoms with Crippen molar-refractivity contribution in [3.8, 4) is 11.5 Å². The van der Waals surface area contributed by atoms with Crippen LogP contribution in [0.1, 0.15) is 30.6 Å². The Morgan fingerprint density at radius 3 is 2.68 bits per heavy atom. The molecule has 2 atom stereocenters. The van der Waals surface area contributed by atoms with Crippen LogP contribution < -0.4 is 9.47 Å². The van der Waals surface area contributed by atoms with Crippen molar-refractivity contribution in [2.75, 3.05) is 31.3 Å². The molecule has 0 aromatic heterocycles. The van der Waals surface area contributed by atoms with Crippen LogP contribution in [-0.4, -0.2) is 68.6 Å². The van der Waals surface area contributed by atoms with Crippen molar-refractivity contribution in [1.29, 1.82) is 0 Å². The Morgan fingerprint density at radius 1 is 1.32 bits per heavy atom. The van der Waals surface area contributed by atoms with E-state index in [9.17, 15) is 18.0 Å². The molecule has 1 amide bonds. The molecule has 2 heterocycles. The number of carbonyl (C=O) groups excluding carboxylic acids is 2. The van der Waals surface area contributed by atoms with Gasteiger partial charge in [0.2, 0.25) is 0 Å². The standard InChI is InChI=1S/C18H22ClNO7S/c1-3-20(13-4-7-28(23,24)10-13)17(21)11(2)27-18(22)12-8-14(19)16-15(9-12)25-5-6-26-16/h8-9,11,13H,3-7,10H2,1-2H3/t11-,13+/m0/s1. The zero-order chi connectivity index (χ0) is 20.5. The predicted molar refractivity (Wildman–Crippen MR) is 102 cm³/mol. The lowest BCUT2D eigenvalue weighted by atomic mass is 10.2. The summed E-state index contributed by atoms with van der Waals surface area (Å²) < 4.78 is 39.6. The minimum absolute atomic E-state index is 0.0608. The van der Waals surface area contributed by atoms with Crippen molar-refractivity contribution in [3.05, 3.63) is 22.7 Å². The molecule has 3 rings (SSSR count). The van der Waals surface area contributed by atoms with Crippen LogP contribution in [0.2, 0.25) is 5.02 Å². The molecule has 154 valence electrons. The van der Waals surface area contributed by atoms with E-state index in [2.05, 4.69) is 0 Å². The lowest BCUT2D eigenvalue weighted by Crippen LogP contribution is -2.46. The molecule has 8 nitrogen and oxygen atoms in total. The van der Waals surface area contributed by atoms with Crippen molar-refractivity contribution in [1.82, 2.24) is 4.90 Å². The van der Waals surface area contributed by atoms with Crippen molar-refractivity contribution in [2.24, 2.45) is 0 Å². The number of halogens is 1. The number of likely N-dealkylation sites (N-methyl/N-ethyl adjacent to an activating group) is 1. The molecule has 10 heteroatoms. The quantitative estimate of drug-likeness (QED) is 0.654. The van der Waals surface area contributed by atoms with Gasteiger partial charge in [-0.1, -0.05) is 11.6 Å². The molecule has 0 unspecified atom stereocenters. The number of benzene rings is 1. The van der Waals surface area contributed by atoms with Crippen molar-refractivity contribution < 1.29 is 32.2 Å². The highest BCUT2D eigenvalue weighted by Gasteiger charge is 2.36. The summed E-state index contributed by atoms with van der Waals surface area (Å²) in [6.45, 7) is 4.26. The summed E-state index contributed by atoms with van der Waals surface area (Å²) in [6.07, 6.45) is -0.678. The maximum absolute atomic E-state index is 12.7. The Hall–Kier alpha value is -2.00. The van der Waals surface area contributed by atoms with E-state index in [4.69, 9.17) is 25.8 Å². The van der Waals surface area contributed by atoms with Crippen LogP contribution in [-0.2, 0) is 19.4 Å². The average Bonchev–Trinajstić information content (AvgIpc) is 3.01. The van der Waals surface area contributed by atoms with E-state index in [0.717, 1.165) is 0 Å². The van der Waals surface area contributed by atoms with Crippen molar-refractivity contribution in [3.63, 3.8) is 0 Å². The first-order valence-electron chi connectivity index (χ1n) is 9.03. The van der Waals surface area contributed by atoms with Gasteiger partial charge in [0.25, 0.3) is 5.91 Å². The number of ether oxygens (including phenoxy) is 3. The first-order chi connectivity index (χ1) is 13.2. The number of esters is 1. The van der Waals surface area contributed by atoms with E-state index >= 15 is 0 Å². The maximum atomic E-state index is 12.7. The number of hydrogen-bond donors (Lipinski definition) is 0. The Morgan fingerprint density at radius 2 is 2.04 bits per heavy atom. The van der Waals surface area contributed by atoms with Gasteiger partial charge in [0.15, 0.2) is 27.4 Å². The average molecular weight is 432 g/mol. The third-order valence-corrected chi connectivity index (χ3v) is 6.77. The van der Waals surface area contributed by atoms with Crippen molar-refractivity contribution >= 4 is 33.3 Å². The summed E-state index contributed by atoms with van der Waals surface area (Å²) >= 11 is 6.13. The number of rotatable bonds is 5. The van der Waals surface area contributed by atoms with Crippen LogP contribution in [0.25, 0.3) is 0 Å². The molecule has 28 heavy (non-hydrogen) atoms. The number of fused-ring (bicyclic) bond motifs is 1. The summed E-state index contributed by atoms with van der Waals surface area (Å²) in [4.78, 5) is 26.7. The van der Waals surface area contributed by atoms with Gasteiger partial charge in [-0.15, -0.1) is 0 Å². The molecular weight excluding hydrogens is 410 g/mol. The highest BCUT2D eigenvalue weighted by molar-refractivity contribution is 7.91. The molecule has 1 saturated heterocycles. The smallest absolute Gasteiger partial charge is 0.339 e. The Balaban J connectivity index is 1.69. The molecule has 1 fully saturated rings. The Bertz CT molecular complexity index is 886. The molecular formula is C18H22ClNO7S. The van der Waals surface area contributed by atoms with Gasteiger partial charge in [-0.25, -0.2) is 13.2 Å². The molecule has 2 aliphatic heterocycles. The summed E-state index contributed by atoms with van der Waals surface area (Å²) in [7, 11) is -3.13. The van der Waals surface area contributed by atoms with E-state index in [1.807, 2.05) is 0 Å². The highest BCUT2D eigenvalue weighted by atomic mass is 35.5. The molecule has 0 bridgehead atoms. The van der Waals surface area contributed by atoms with Gasteiger partial charge in [0.1, 0.15) is 13.2 Å². The van der Waals surface area contributed by atoms with E-state index in [1.54, 1.807) is 6.92 Å². The predicted octanol–water partition coefficient (Wildman–Crippen LogP) is 1.69. The SMILES string of the molecule is CCN(C(=O)[C@H](C)OC(=O)c1cc(Cl)c2c(c1)OCCO2)[C@@H]1CCS(=O)(=O)C1. The Labute approximate surface area is 168 Å². The fourth-order valence-electron chi connectivity index (χ4n) is 3.36. The van der Waals surface area contributed by atoms with Crippen LogP contribution in [0.3, 0.4) is 0 Å². The number of carbonyl (C=O) groups is 2. The molecule has 0 spiro atoms. The molecule has 0 radical (unpaired) electrons. The van der Waals surface area contributed by atoms with E-state index in [0.29, 0.717) is 37.7 Å². The highest BCUT2D eigenvalue weighted by Crippen LogP contribution is 2.38. The number of hydrogen-bond acceptors (Lipinski definition) is 7. The van der Waals surface area contributed by atoms with Crippen LogP contribution in [0.15, 0.2) is 12.1 Å². The summed E-state index contributed by atoms with van der Waals surface area (Å²) in [5.74, 6) is -0.448. The van der Waals surface area contributed by atoms with Gasteiger partial charge in [0, 0.05) is 12.6 Å². The molecule has 2 aliphatic rings. The molecule has 0 saturated carbocycles. The molecule has 1 aromatic rings. The van der Waals surface area contributed by atoms with Crippen LogP contribution in [0, 0.1) is 0 Å². The van der Waals surface area contributed by atoms with Gasteiger partial charge >= 0.3 is 5.97 Å². The third kappa shape index (κ3) is 4.35. The monoisotopic (exact) mass is 431 g/mol. The third-order valence-electron chi connectivity index (χ3n) is 4.74. The summed E-state index contributed by atoms with van der Waals surface area (Å²) in [5, 5.41) is 0.217. The largest absolute Gasteiger partial charge is 0.486 e. The molecule has 1 aromatic carbocycles. The summed E-state index contributed by atoms with van der Waals surface area (Å²) in [5.41, 5.74) is 0.139. The molecule has 0 N–H and O–H groups in total. The maximum Gasteiger partial charge on any atom is 0.339 e. The Kier molecular flexibility index (Phi) is 6.04. The zero-order valence-corrected chi connectivity index (χ0v) is 17.2. The second-order valence-corrected chi connectivity index (χ2v) is 9.35. The van der Waals surface area contributed by atoms with Crippen LogP contribution in [0.5, 0.6) is 11.5 Å². The first kappa shape index (κ1) is 20.7. The lowest BCUT2D eigenvalue weighted by molar-refractivity contribution is -0.141. The minimum atomic E-state index is -3.13. The van der Waals surface area contributed by atoms with Gasteiger partial charge in [0.05, 0.1) is 22.1 Å². The lowest BCUT2D eigenvalue weighted by Gasteiger charge is -2.29. The minimum Gasteiger partial charge on any atom is -0.486 e. The van der Waals surface area contributed by atoms with Crippen molar-refractivity contribution in [2.45, 2.75) is 32.4 Å². The van der Waals surface area contributed by atoms with Gasteiger partial charge in [-0.3, -0.25) is 4.79 Å². The number of sulfone groups is 1. The fraction of sp³-hybridized carbons (Fsp3) is 0.556. The number of nitrogens with zero attached hydrogens (tertiary/aromatic N) is 1. The topological polar surface area (TPSA) is 99.2 Å². The van der Waals surface area contributed by atoms with E-state index in [1.165, 1.54) is 24.0 Å².